The van der Waals surface area contributed by atoms with Gasteiger partial charge in [-0.25, -0.2) is 4.98 Å². The fraction of sp³-hybridized carbons (Fsp3) is 0.333. The van der Waals surface area contributed by atoms with Crippen molar-refractivity contribution in [3.8, 4) is 0 Å². The van der Waals surface area contributed by atoms with Crippen molar-refractivity contribution < 1.29 is 4.79 Å². The number of rotatable bonds is 4. The van der Waals surface area contributed by atoms with Crippen LogP contribution in [0.25, 0.3) is 0 Å². The number of amides is 1. The molecule has 0 saturated heterocycles. The van der Waals surface area contributed by atoms with Crippen LogP contribution >= 0.6 is 15.9 Å². The quantitative estimate of drug-likeness (QED) is 0.629. The fourth-order valence-corrected chi connectivity index (χ4v) is 1.69. The molecule has 0 aliphatic rings. The number of carbonyl (C=O) groups excluding carboxylic acids is 1. The molecule has 0 aliphatic heterocycles. The highest BCUT2D eigenvalue weighted by Gasteiger charge is 2.18. The van der Waals surface area contributed by atoms with Gasteiger partial charge in [0.2, 0.25) is 0 Å². The fourth-order valence-electron chi connectivity index (χ4n) is 1.34. The highest BCUT2D eigenvalue weighted by molar-refractivity contribution is 9.10. The summed E-state index contributed by atoms with van der Waals surface area (Å²) in [5, 5.41) is 0. The average molecular weight is 283 g/mol. The molecule has 4 heteroatoms. The van der Waals surface area contributed by atoms with Crippen molar-refractivity contribution in [1.82, 2.24) is 9.88 Å². The van der Waals surface area contributed by atoms with Gasteiger partial charge in [-0.3, -0.25) is 4.79 Å². The maximum Gasteiger partial charge on any atom is 0.273 e. The molecule has 0 bridgehead atoms. The van der Waals surface area contributed by atoms with Crippen LogP contribution < -0.4 is 0 Å². The van der Waals surface area contributed by atoms with Gasteiger partial charge in [0, 0.05) is 12.6 Å². The summed E-state index contributed by atoms with van der Waals surface area (Å²) < 4.78 is 0.667. The van der Waals surface area contributed by atoms with Crippen molar-refractivity contribution >= 4 is 21.8 Å². The van der Waals surface area contributed by atoms with Crippen molar-refractivity contribution in [2.45, 2.75) is 19.9 Å². The summed E-state index contributed by atoms with van der Waals surface area (Å²) in [5.74, 6) is -0.0730. The summed E-state index contributed by atoms with van der Waals surface area (Å²) in [5.41, 5.74) is 0.449. The second-order valence-corrected chi connectivity index (χ2v) is 4.50. The Bertz CT molecular complexity index is 390. The summed E-state index contributed by atoms with van der Waals surface area (Å²) in [6, 6.07) is 5.44. The number of pyridine rings is 1. The van der Waals surface area contributed by atoms with E-state index in [9.17, 15) is 4.79 Å². The van der Waals surface area contributed by atoms with Gasteiger partial charge in [0.05, 0.1) is 0 Å². The number of aromatic nitrogens is 1. The first kappa shape index (κ1) is 12.9. The Morgan fingerprint density at radius 1 is 1.62 bits per heavy atom. The Labute approximate surface area is 104 Å². The molecule has 0 atom stereocenters. The van der Waals surface area contributed by atoms with Crippen molar-refractivity contribution in [3.63, 3.8) is 0 Å². The zero-order valence-corrected chi connectivity index (χ0v) is 11.1. The van der Waals surface area contributed by atoms with E-state index in [-0.39, 0.29) is 11.9 Å². The standard InChI is InChI=1S/C12H15BrN2O/c1-4-8-15(9(2)3)12(16)10-6-5-7-11(13)14-10/h4-7,9H,1,8H2,2-3H3. The normalized spacial score (nSPS) is 10.2. The summed E-state index contributed by atoms with van der Waals surface area (Å²) in [7, 11) is 0. The molecule has 0 radical (unpaired) electrons. The minimum atomic E-state index is -0.0730. The van der Waals surface area contributed by atoms with Gasteiger partial charge in [-0.1, -0.05) is 12.1 Å². The Morgan fingerprint density at radius 3 is 2.81 bits per heavy atom. The molecule has 0 fully saturated rings. The van der Waals surface area contributed by atoms with E-state index < -0.39 is 0 Å². The van der Waals surface area contributed by atoms with Crippen LogP contribution in [0, 0.1) is 0 Å². The molecular formula is C12H15BrN2O. The highest BCUT2D eigenvalue weighted by Crippen LogP contribution is 2.10. The van der Waals surface area contributed by atoms with Gasteiger partial charge in [0.25, 0.3) is 5.91 Å². The van der Waals surface area contributed by atoms with Crippen LogP contribution in [0.3, 0.4) is 0 Å². The SMILES string of the molecule is C=CCN(C(=O)c1cccc(Br)n1)C(C)C. The molecule has 0 aliphatic carbocycles. The van der Waals surface area contributed by atoms with E-state index in [4.69, 9.17) is 0 Å². The zero-order valence-electron chi connectivity index (χ0n) is 9.48. The third kappa shape index (κ3) is 3.17. The lowest BCUT2D eigenvalue weighted by Gasteiger charge is -2.24. The Morgan fingerprint density at radius 2 is 2.31 bits per heavy atom. The van der Waals surface area contributed by atoms with Crippen LogP contribution in [0.1, 0.15) is 24.3 Å². The van der Waals surface area contributed by atoms with Crippen molar-refractivity contribution in [2.75, 3.05) is 6.54 Å². The van der Waals surface area contributed by atoms with Crippen LogP contribution in [0.4, 0.5) is 0 Å². The molecule has 1 amide bonds. The molecule has 0 N–H and O–H groups in total. The van der Waals surface area contributed by atoms with E-state index in [0.29, 0.717) is 16.8 Å². The van der Waals surface area contributed by atoms with Crippen LogP contribution in [-0.4, -0.2) is 28.4 Å². The van der Waals surface area contributed by atoms with Crippen molar-refractivity contribution in [3.05, 3.63) is 41.2 Å². The summed E-state index contributed by atoms with van der Waals surface area (Å²) in [6.07, 6.45) is 1.72. The molecule has 0 spiro atoms. The van der Waals surface area contributed by atoms with E-state index >= 15 is 0 Å². The van der Waals surface area contributed by atoms with Gasteiger partial charge >= 0.3 is 0 Å². The van der Waals surface area contributed by atoms with Crippen LogP contribution in [0.15, 0.2) is 35.5 Å². The van der Waals surface area contributed by atoms with Crippen LogP contribution in [-0.2, 0) is 0 Å². The van der Waals surface area contributed by atoms with Crippen LogP contribution in [0.2, 0.25) is 0 Å². The third-order valence-corrected chi connectivity index (χ3v) is 2.59. The van der Waals surface area contributed by atoms with Gasteiger partial charge in [0.1, 0.15) is 10.3 Å². The predicted octanol–water partition coefficient (Wildman–Crippen LogP) is 2.88. The first-order valence-electron chi connectivity index (χ1n) is 5.10. The van der Waals surface area contributed by atoms with E-state index in [1.807, 2.05) is 13.8 Å². The minimum absolute atomic E-state index is 0.0730. The van der Waals surface area contributed by atoms with Crippen molar-refractivity contribution in [2.24, 2.45) is 0 Å². The monoisotopic (exact) mass is 282 g/mol. The topological polar surface area (TPSA) is 33.2 Å². The smallest absolute Gasteiger partial charge is 0.273 e. The predicted molar refractivity (Wildman–Crippen MR) is 68.3 cm³/mol. The first-order valence-corrected chi connectivity index (χ1v) is 5.90. The van der Waals surface area contributed by atoms with E-state index in [0.717, 1.165) is 0 Å². The second-order valence-electron chi connectivity index (χ2n) is 3.69. The number of hydrogen-bond donors (Lipinski definition) is 0. The number of halogens is 1. The lowest BCUT2D eigenvalue weighted by molar-refractivity contribution is 0.0722. The zero-order chi connectivity index (χ0) is 12.1. The summed E-state index contributed by atoms with van der Waals surface area (Å²) >= 11 is 3.25. The molecule has 0 aromatic carbocycles. The number of carbonyl (C=O) groups is 1. The van der Waals surface area contributed by atoms with Gasteiger partial charge in [-0.15, -0.1) is 6.58 Å². The van der Waals surface area contributed by atoms with Gasteiger partial charge in [-0.05, 0) is 41.9 Å². The van der Waals surface area contributed by atoms with Crippen LogP contribution in [0.5, 0.6) is 0 Å². The molecule has 86 valence electrons. The van der Waals surface area contributed by atoms with Gasteiger partial charge in [-0.2, -0.15) is 0 Å². The molecule has 1 aromatic rings. The number of nitrogens with zero attached hydrogens (tertiary/aromatic N) is 2. The van der Waals surface area contributed by atoms with E-state index in [1.165, 1.54) is 0 Å². The lowest BCUT2D eigenvalue weighted by Crippen LogP contribution is -2.37. The molecular weight excluding hydrogens is 268 g/mol. The molecule has 0 saturated carbocycles. The van der Waals surface area contributed by atoms with Gasteiger partial charge < -0.3 is 4.90 Å². The highest BCUT2D eigenvalue weighted by atomic mass is 79.9. The molecule has 3 nitrogen and oxygen atoms in total. The third-order valence-electron chi connectivity index (χ3n) is 2.14. The van der Waals surface area contributed by atoms with E-state index in [1.54, 1.807) is 29.2 Å². The number of hydrogen-bond acceptors (Lipinski definition) is 2. The minimum Gasteiger partial charge on any atom is -0.331 e. The Kier molecular flexibility index (Phi) is 4.68. The van der Waals surface area contributed by atoms with Gasteiger partial charge in [0.15, 0.2) is 0 Å². The molecule has 0 unspecified atom stereocenters. The Balaban J connectivity index is 2.94. The lowest BCUT2D eigenvalue weighted by atomic mass is 10.2. The van der Waals surface area contributed by atoms with E-state index in [2.05, 4.69) is 27.5 Å². The summed E-state index contributed by atoms with van der Waals surface area (Å²) in [6.45, 7) is 8.13. The summed E-state index contributed by atoms with van der Waals surface area (Å²) in [4.78, 5) is 18.0. The first-order chi connectivity index (χ1) is 7.56. The maximum absolute atomic E-state index is 12.1. The van der Waals surface area contributed by atoms with Crippen molar-refractivity contribution in [1.29, 1.82) is 0 Å². The molecule has 1 rings (SSSR count). The average Bonchev–Trinajstić information content (AvgIpc) is 2.24. The Hall–Kier alpha value is -1.16. The molecule has 1 aromatic heterocycles. The largest absolute Gasteiger partial charge is 0.331 e. The molecule has 1 heterocycles. The molecule has 16 heavy (non-hydrogen) atoms. The maximum atomic E-state index is 12.1. The second kappa shape index (κ2) is 5.80.